The van der Waals surface area contributed by atoms with Crippen molar-refractivity contribution in [2.75, 3.05) is 6.54 Å². The number of aromatic nitrogens is 2. The number of carbonyl (C=O) groups is 1. The molecule has 2 aromatic carbocycles. The van der Waals surface area contributed by atoms with Crippen LogP contribution in [0.25, 0.3) is 11.4 Å². The van der Waals surface area contributed by atoms with Gasteiger partial charge in [0.2, 0.25) is 5.60 Å². The van der Waals surface area contributed by atoms with Crippen LogP contribution in [0.2, 0.25) is 10.0 Å². The van der Waals surface area contributed by atoms with Crippen LogP contribution in [-0.4, -0.2) is 34.6 Å². The molecule has 0 radical (unpaired) electrons. The Hall–Kier alpha value is -3.73. The van der Waals surface area contributed by atoms with E-state index in [0.29, 0.717) is 0 Å². The van der Waals surface area contributed by atoms with Crippen LogP contribution in [0.4, 0.5) is 26.3 Å². The van der Waals surface area contributed by atoms with Crippen molar-refractivity contribution >= 4 is 34.8 Å². The maximum atomic E-state index is 14.2. The summed E-state index contributed by atoms with van der Waals surface area (Å²) in [6, 6.07) is 9.22. The fourth-order valence-electron chi connectivity index (χ4n) is 3.60. The number of carbonyl (C=O) groups excluding carboxylic acids is 1. The van der Waals surface area contributed by atoms with Crippen LogP contribution in [0.15, 0.2) is 54.9 Å². The number of hydrogen-bond donors (Lipinski definition) is 2. The number of benzene rings is 2. The molecule has 1 atom stereocenters. The minimum atomic E-state index is -4.94. The lowest BCUT2D eigenvalue weighted by atomic mass is 9.91. The number of halogens is 8. The predicted octanol–water partition coefficient (Wildman–Crippen LogP) is 5.68. The van der Waals surface area contributed by atoms with Gasteiger partial charge >= 0.3 is 12.4 Å². The van der Waals surface area contributed by atoms with Gasteiger partial charge in [-0.3, -0.25) is 15.1 Å². The Morgan fingerprint density at radius 2 is 1.82 bits per heavy atom. The highest BCUT2D eigenvalue weighted by molar-refractivity contribution is 6.34. The second-order valence-electron chi connectivity index (χ2n) is 7.97. The maximum absolute atomic E-state index is 14.2. The topological polar surface area (TPSA) is 92.0 Å². The first-order chi connectivity index (χ1) is 17.7. The number of alkyl halides is 6. The second-order valence-corrected chi connectivity index (χ2v) is 8.84. The number of nitrogens with zero attached hydrogens (tertiary/aromatic N) is 3. The highest BCUT2D eigenvalue weighted by atomic mass is 35.5. The smallest absolute Gasteiger partial charge is 0.343 e. The zero-order valence-electron chi connectivity index (χ0n) is 18.6. The molecule has 3 aromatic rings. The summed E-state index contributed by atoms with van der Waals surface area (Å²) in [5.41, 5.74) is -1.20. The standard InChI is InChI=1S/C23H13Cl2F6N5O2/c24-16-4-15(5-17(25)6-16)21(23(29,30)31)7-18(35-38-21)12-1-2-19(13(3-12)8-32)36-10-14(9-34-36)20(37)33-11-22(26,27)28/h1-7,9-10,35H,11H2,(H,33,37). The molecule has 38 heavy (non-hydrogen) atoms. The molecular formula is C23H13Cl2F6N5O2. The van der Waals surface area contributed by atoms with E-state index in [1.165, 1.54) is 24.3 Å². The molecule has 0 fully saturated rings. The zero-order chi connectivity index (χ0) is 27.9. The van der Waals surface area contributed by atoms with Gasteiger partial charge in [0.1, 0.15) is 12.6 Å². The average molecular weight is 576 g/mol. The van der Waals surface area contributed by atoms with Gasteiger partial charge in [0.15, 0.2) is 0 Å². The molecule has 0 aliphatic carbocycles. The lowest BCUT2D eigenvalue weighted by Gasteiger charge is -2.28. The molecule has 0 saturated carbocycles. The SMILES string of the molecule is N#Cc1cc(C2=CC(c3cc(Cl)cc(Cl)c3)(C(F)(F)F)ON2)ccc1-n1cc(C(=O)NCC(F)(F)F)cn1. The summed E-state index contributed by atoms with van der Waals surface area (Å²) in [4.78, 5) is 17.0. The molecule has 4 rings (SSSR count). The van der Waals surface area contributed by atoms with Crippen molar-refractivity contribution in [3.05, 3.63) is 87.2 Å². The van der Waals surface area contributed by atoms with Crippen LogP contribution >= 0.6 is 23.2 Å². The van der Waals surface area contributed by atoms with E-state index in [-0.39, 0.29) is 43.7 Å². The third kappa shape index (κ3) is 5.42. The molecule has 1 aromatic heterocycles. The van der Waals surface area contributed by atoms with Crippen molar-refractivity contribution in [3.63, 3.8) is 0 Å². The van der Waals surface area contributed by atoms with Crippen molar-refractivity contribution in [3.8, 4) is 11.8 Å². The Labute approximate surface area is 220 Å². The summed E-state index contributed by atoms with van der Waals surface area (Å²) in [6.45, 7) is -1.54. The van der Waals surface area contributed by atoms with Gasteiger partial charge in [-0.05, 0) is 36.4 Å². The van der Waals surface area contributed by atoms with E-state index in [1.807, 2.05) is 6.07 Å². The minimum absolute atomic E-state index is 0.0385. The molecule has 0 saturated heterocycles. The summed E-state index contributed by atoms with van der Waals surface area (Å²) < 4.78 is 80.8. The molecule has 1 aliphatic heterocycles. The Kier molecular flexibility index (Phi) is 7.09. The van der Waals surface area contributed by atoms with E-state index in [0.717, 1.165) is 35.3 Å². The van der Waals surface area contributed by atoms with Gasteiger partial charge in [-0.15, -0.1) is 0 Å². The lowest BCUT2D eigenvalue weighted by Crippen LogP contribution is -2.42. The summed E-state index contributed by atoms with van der Waals surface area (Å²) in [7, 11) is 0. The molecule has 0 bridgehead atoms. The van der Waals surface area contributed by atoms with Gasteiger partial charge in [0.05, 0.1) is 28.7 Å². The molecule has 0 spiro atoms. The summed E-state index contributed by atoms with van der Waals surface area (Å²) in [5, 5.41) is 15.1. The summed E-state index contributed by atoms with van der Waals surface area (Å²) in [6.07, 6.45) is -6.66. The van der Waals surface area contributed by atoms with Crippen molar-refractivity contribution in [1.82, 2.24) is 20.6 Å². The van der Waals surface area contributed by atoms with Crippen LogP contribution in [0.1, 0.15) is 27.0 Å². The Bertz CT molecular complexity index is 1460. The van der Waals surface area contributed by atoms with E-state index in [2.05, 4.69) is 10.6 Å². The lowest BCUT2D eigenvalue weighted by molar-refractivity contribution is -0.269. The quantitative estimate of drug-likeness (QED) is 0.382. The Morgan fingerprint density at radius 1 is 1.13 bits per heavy atom. The number of nitrogens with one attached hydrogen (secondary N) is 2. The van der Waals surface area contributed by atoms with Gasteiger partial charge in [0, 0.05) is 27.4 Å². The van der Waals surface area contributed by atoms with Crippen molar-refractivity contribution < 1.29 is 36.0 Å². The van der Waals surface area contributed by atoms with Gasteiger partial charge in [0.25, 0.3) is 5.91 Å². The average Bonchev–Trinajstić information content (AvgIpc) is 3.49. The summed E-state index contributed by atoms with van der Waals surface area (Å²) in [5.74, 6) is -1.04. The molecule has 1 unspecified atom stereocenters. The second kappa shape index (κ2) is 9.86. The van der Waals surface area contributed by atoms with Crippen LogP contribution < -0.4 is 10.8 Å². The van der Waals surface area contributed by atoms with E-state index < -0.39 is 30.4 Å². The molecule has 198 valence electrons. The van der Waals surface area contributed by atoms with E-state index >= 15 is 0 Å². The number of hydrogen-bond acceptors (Lipinski definition) is 5. The van der Waals surface area contributed by atoms with E-state index in [9.17, 15) is 36.4 Å². The third-order valence-electron chi connectivity index (χ3n) is 5.35. The maximum Gasteiger partial charge on any atom is 0.428 e. The summed E-state index contributed by atoms with van der Waals surface area (Å²) >= 11 is 11.8. The Morgan fingerprint density at radius 3 is 2.42 bits per heavy atom. The number of amides is 1. The minimum Gasteiger partial charge on any atom is -0.343 e. The van der Waals surface area contributed by atoms with Gasteiger partial charge in [-0.25, -0.2) is 4.68 Å². The van der Waals surface area contributed by atoms with Crippen LogP contribution in [0.3, 0.4) is 0 Å². The zero-order valence-corrected chi connectivity index (χ0v) is 20.1. The Balaban J connectivity index is 1.67. The molecule has 1 amide bonds. The molecule has 15 heteroatoms. The molecule has 2 N–H and O–H groups in total. The first-order valence-electron chi connectivity index (χ1n) is 10.4. The first-order valence-corrected chi connectivity index (χ1v) is 11.1. The fraction of sp³-hybridized carbons (Fsp3) is 0.174. The van der Waals surface area contributed by atoms with Gasteiger partial charge < -0.3 is 5.32 Å². The fourth-order valence-corrected chi connectivity index (χ4v) is 4.13. The van der Waals surface area contributed by atoms with Gasteiger partial charge in [-0.2, -0.15) is 36.7 Å². The van der Waals surface area contributed by atoms with Crippen LogP contribution in [0.5, 0.6) is 0 Å². The number of rotatable bonds is 5. The first kappa shape index (κ1) is 27.3. The van der Waals surface area contributed by atoms with Crippen LogP contribution in [-0.2, 0) is 10.4 Å². The number of hydroxylamine groups is 1. The molecular weight excluding hydrogens is 563 g/mol. The monoisotopic (exact) mass is 575 g/mol. The number of nitriles is 1. The molecule has 2 heterocycles. The molecule has 1 aliphatic rings. The van der Waals surface area contributed by atoms with Crippen molar-refractivity contribution in [2.24, 2.45) is 0 Å². The highest BCUT2D eigenvalue weighted by Crippen LogP contribution is 2.48. The van der Waals surface area contributed by atoms with E-state index in [1.54, 1.807) is 5.32 Å². The van der Waals surface area contributed by atoms with Crippen LogP contribution in [0, 0.1) is 11.3 Å². The van der Waals surface area contributed by atoms with Crippen molar-refractivity contribution in [1.29, 1.82) is 5.26 Å². The third-order valence-corrected chi connectivity index (χ3v) is 5.79. The van der Waals surface area contributed by atoms with Crippen molar-refractivity contribution in [2.45, 2.75) is 18.0 Å². The normalized spacial score (nSPS) is 17.5. The largest absolute Gasteiger partial charge is 0.428 e. The molecule has 7 nitrogen and oxygen atoms in total. The highest BCUT2D eigenvalue weighted by Gasteiger charge is 2.59. The van der Waals surface area contributed by atoms with E-state index in [4.69, 9.17) is 28.0 Å². The van der Waals surface area contributed by atoms with Gasteiger partial charge in [-0.1, -0.05) is 29.3 Å². The predicted molar refractivity (Wildman–Crippen MR) is 123 cm³/mol.